The van der Waals surface area contributed by atoms with Gasteiger partial charge < -0.3 is 9.15 Å². The molecule has 1 heterocycles. The number of rotatable bonds is 3. The lowest BCUT2D eigenvalue weighted by molar-refractivity contribution is 0.0490. The lowest BCUT2D eigenvalue weighted by Crippen LogP contribution is -2.04. The standard InChI is InChI=1S/C13H11F2NO3/c1-3-18-13(17)11-7(2)16-12(19-11)9-6-8(14)4-5-10(9)15/h4-6H,3H2,1-2H3. The van der Waals surface area contributed by atoms with Crippen molar-refractivity contribution in [2.24, 2.45) is 0 Å². The molecule has 0 saturated carbocycles. The summed E-state index contributed by atoms with van der Waals surface area (Å²) in [6.07, 6.45) is 0. The molecule has 0 fully saturated rings. The zero-order valence-corrected chi connectivity index (χ0v) is 10.4. The van der Waals surface area contributed by atoms with Gasteiger partial charge in [-0.05, 0) is 32.0 Å². The van der Waals surface area contributed by atoms with Crippen LogP contribution in [0.25, 0.3) is 11.5 Å². The molecular formula is C13H11F2NO3. The van der Waals surface area contributed by atoms with E-state index in [-0.39, 0.29) is 29.5 Å². The molecule has 0 saturated heterocycles. The summed E-state index contributed by atoms with van der Waals surface area (Å²) in [4.78, 5) is 15.5. The highest BCUT2D eigenvalue weighted by Gasteiger charge is 2.21. The van der Waals surface area contributed by atoms with Crippen LogP contribution in [-0.2, 0) is 4.74 Å². The largest absolute Gasteiger partial charge is 0.460 e. The summed E-state index contributed by atoms with van der Waals surface area (Å²) in [6.45, 7) is 3.36. The van der Waals surface area contributed by atoms with Crippen molar-refractivity contribution in [2.75, 3.05) is 6.61 Å². The summed E-state index contributed by atoms with van der Waals surface area (Å²) < 4.78 is 36.6. The maximum atomic E-state index is 13.6. The first kappa shape index (κ1) is 13.2. The van der Waals surface area contributed by atoms with Gasteiger partial charge in [-0.15, -0.1) is 0 Å². The van der Waals surface area contributed by atoms with Crippen LogP contribution >= 0.6 is 0 Å². The molecular weight excluding hydrogens is 256 g/mol. The Morgan fingerprint density at radius 3 is 2.84 bits per heavy atom. The lowest BCUT2D eigenvalue weighted by Gasteiger charge is -1.99. The van der Waals surface area contributed by atoms with Gasteiger partial charge in [0.05, 0.1) is 17.9 Å². The number of nitrogens with zero attached hydrogens (tertiary/aromatic N) is 1. The van der Waals surface area contributed by atoms with Crippen LogP contribution in [0.2, 0.25) is 0 Å². The Kier molecular flexibility index (Phi) is 3.59. The van der Waals surface area contributed by atoms with Gasteiger partial charge in [0.2, 0.25) is 11.7 Å². The summed E-state index contributed by atoms with van der Waals surface area (Å²) in [6, 6.07) is 2.91. The van der Waals surface area contributed by atoms with E-state index in [0.717, 1.165) is 18.2 Å². The first-order valence-corrected chi connectivity index (χ1v) is 5.63. The fraction of sp³-hybridized carbons (Fsp3) is 0.231. The number of hydrogen-bond acceptors (Lipinski definition) is 4. The van der Waals surface area contributed by atoms with Gasteiger partial charge in [0.1, 0.15) is 11.6 Å². The number of halogens is 2. The molecule has 2 aromatic rings. The normalized spacial score (nSPS) is 10.5. The van der Waals surface area contributed by atoms with Crippen LogP contribution in [0.4, 0.5) is 8.78 Å². The van der Waals surface area contributed by atoms with Gasteiger partial charge in [0.15, 0.2) is 0 Å². The average molecular weight is 267 g/mol. The molecule has 6 heteroatoms. The Bertz CT molecular complexity index is 622. The summed E-state index contributed by atoms with van der Waals surface area (Å²) >= 11 is 0. The van der Waals surface area contributed by atoms with Crippen LogP contribution in [0.1, 0.15) is 23.2 Å². The molecule has 0 amide bonds. The third-order valence-corrected chi connectivity index (χ3v) is 2.42. The fourth-order valence-electron chi connectivity index (χ4n) is 1.56. The summed E-state index contributed by atoms with van der Waals surface area (Å²) in [5.74, 6) is -2.25. The molecule has 4 nitrogen and oxygen atoms in total. The molecule has 0 atom stereocenters. The summed E-state index contributed by atoms with van der Waals surface area (Å²) in [5.41, 5.74) is 0.121. The van der Waals surface area contributed by atoms with Crippen molar-refractivity contribution in [3.05, 3.63) is 41.3 Å². The molecule has 2 rings (SSSR count). The number of aryl methyl sites for hydroxylation is 1. The van der Waals surface area contributed by atoms with Crippen LogP contribution in [0.5, 0.6) is 0 Å². The molecule has 0 aliphatic carbocycles. The SMILES string of the molecule is CCOC(=O)c1oc(-c2cc(F)ccc2F)nc1C. The third kappa shape index (κ3) is 2.62. The molecule has 0 unspecified atom stereocenters. The minimum absolute atomic E-state index is 0.111. The molecule has 1 aromatic heterocycles. The van der Waals surface area contributed by atoms with E-state index in [0.29, 0.717) is 0 Å². The Hall–Kier alpha value is -2.24. The van der Waals surface area contributed by atoms with E-state index in [1.54, 1.807) is 6.92 Å². The average Bonchev–Trinajstić information content (AvgIpc) is 2.74. The Balaban J connectivity index is 2.44. The number of aromatic nitrogens is 1. The smallest absolute Gasteiger partial charge is 0.376 e. The van der Waals surface area contributed by atoms with Crippen molar-refractivity contribution in [3.63, 3.8) is 0 Å². The second kappa shape index (κ2) is 5.17. The number of oxazole rings is 1. The predicted molar refractivity (Wildman–Crippen MR) is 62.5 cm³/mol. The first-order valence-electron chi connectivity index (χ1n) is 5.63. The second-order valence-corrected chi connectivity index (χ2v) is 3.78. The minimum atomic E-state index is -0.685. The van der Waals surface area contributed by atoms with E-state index in [4.69, 9.17) is 9.15 Å². The Labute approximate surface area is 108 Å². The summed E-state index contributed by atoms with van der Waals surface area (Å²) in [5, 5.41) is 0. The van der Waals surface area contributed by atoms with Crippen molar-refractivity contribution in [3.8, 4) is 11.5 Å². The zero-order valence-electron chi connectivity index (χ0n) is 10.4. The number of carbonyl (C=O) groups is 1. The van der Waals surface area contributed by atoms with Crippen molar-refractivity contribution in [2.45, 2.75) is 13.8 Å². The van der Waals surface area contributed by atoms with Gasteiger partial charge >= 0.3 is 5.97 Å². The molecule has 100 valence electrons. The van der Waals surface area contributed by atoms with Crippen molar-refractivity contribution in [1.29, 1.82) is 0 Å². The number of benzene rings is 1. The zero-order chi connectivity index (χ0) is 14.0. The monoisotopic (exact) mass is 267 g/mol. The topological polar surface area (TPSA) is 52.3 Å². The summed E-state index contributed by atoms with van der Waals surface area (Å²) in [7, 11) is 0. The van der Waals surface area contributed by atoms with E-state index < -0.39 is 17.6 Å². The van der Waals surface area contributed by atoms with Gasteiger partial charge in [-0.25, -0.2) is 18.6 Å². The molecule has 0 aliphatic rings. The number of ether oxygens (including phenoxy) is 1. The molecule has 19 heavy (non-hydrogen) atoms. The van der Waals surface area contributed by atoms with Gasteiger partial charge in [-0.1, -0.05) is 0 Å². The van der Waals surface area contributed by atoms with E-state index in [2.05, 4.69) is 4.98 Å². The molecule has 0 bridgehead atoms. The predicted octanol–water partition coefficient (Wildman–Crippen LogP) is 3.10. The maximum absolute atomic E-state index is 13.6. The Morgan fingerprint density at radius 1 is 1.42 bits per heavy atom. The van der Waals surface area contributed by atoms with Crippen LogP contribution < -0.4 is 0 Å². The first-order chi connectivity index (χ1) is 9.02. The molecule has 0 N–H and O–H groups in total. The number of hydrogen-bond donors (Lipinski definition) is 0. The van der Waals surface area contributed by atoms with Gasteiger partial charge in [0.25, 0.3) is 0 Å². The highest BCUT2D eigenvalue weighted by atomic mass is 19.1. The van der Waals surface area contributed by atoms with Gasteiger partial charge in [-0.3, -0.25) is 0 Å². The molecule has 0 spiro atoms. The van der Waals surface area contributed by atoms with E-state index in [1.165, 1.54) is 6.92 Å². The molecule has 1 aromatic carbocycles. The van der Waals surface area contributed by atoms with Gasteiger partial charge in [0, 0.05) is 0 Å². The van der Waals surface area contributed by atoms with E-state index in [9.17, 15) is 13.6 Å². The van der Waals surface area contributed by atoms with Crippen LogP contribution in [0, 0.1) is 18.6 Å². The third-order valence-electron chi connectivity index (χ3n) is 2.42. The minimum Gasteiger partial charge on any atom is -0.460 e. The maximum Gasteiger partial charge on any atom is 0.376 e. The quantitative estimate of drug-likeness (QED) is 0.802. The molecule has 0 radical (unpaired) electrons. The van der Waals surface area contributed by atoms with Crippen molar-refractivity contribution in [1.82, 2.24) is 4.98 Å². The van der Waals surface area contributed by atoms with Crippen LogP contribution in [0.15, 0.2) is 22.6 Å². The number of carbonyl (C=O) groups excluding carboxylic acids is 1. The van der Waals surface area contributed by atoms with Gasteiger partial charge in [-0.2, -0.15) is 0 Å². The van der Waals surface area contributed by atoms with Crippen molar-refractivity contribution >= 4 is 5.97 Å². The molecule has 0 aliphatic heterocycles. The van der Waals surface area contributed by atoms with E-state index >= 15 is 0 Å². The number of esters is 1. The Morgan fingerprint density at radius 2 is 2.16 bits per heavy atom. The highest BCUT2D eigenvalue weighted by Crippen LogP contribution is 2.25. The van der Waals surface area contributed by atoms with Crippen LogP contribution in [0.3, 0.4) is 0 Å². The fourth-order valence-corrected chi connectivity index (χ4v) is 1.56. The van der Waals surface area contributed by atoms with Crippen molar-refractivity contribution < 1.29 is 22.7 Å². The highest BCUT2D eigenvalue weighted by molar-refractivity contribution is 5.87. The van der Waals surface area contributed by atoms with Crippen LogP contribution in [-0.4, -0.2) is 17.6 Å². The van der Waals surface area contributed by atoms with E-state index in [1.807, 2.05) is 0 Å². The second-order valence-electron chi connectivity index (χ2n) is 3.78. The lowest BCUT2D eigenvalue weighted by atomic mass is 10.2.